The molecule has 5 rings (SSSR count). The van der Waals surface area contributed by atoms with Gasteiger partial charge in [0.15, 0.2) is 24.3 Å². The quantitative estimate of drug-likeness (QED) is 0.0639. The van der Waals surface area contributed by atoms with Crippen molar-refractivity contribution in [3.05, 3.63) is 0 Å². The van der Waals surface area contributed by atoms with Crippen molar-refractivity contribution in [1.82, 2.24) is 5.32 Å². The fourth-order valence-corrected chi connectivity index (χ4v) is 7.29. The van der Waals surface area contributed by atoms with E-state index in [9.17, 15) is 30.3 Å². The number of hydrogen-bond donors (Lipinski definition) is 12. The Morgan fingerprint density at radius 2 is 1.60 bits per heavy atom. The Hall–Kier alpha value is -1.62. The Morgan fingerprint density at radius 1 is 0.894 bits per heavy atom. The number of guanidine groups is 1. The molecule has 0 aromatic carbocycles. The lowest BCUT2D eigenvalue weighted by Crippen LogP contribution is -2.66. The minimum atomic E-state index is -1.79. The van der Waals surface area contributed by atoms with Gasteiger partial charge in [-0.25, -0.2) is 4.99 Å². The second-order valence-corrected chi connectivity index (χ2v) is 14.1. The lowest BCUT2D eigenvalue weighted by atomic mass is 9.76. The van der Waals surface area contributed by atoms with Crippen molar-refractivity contribution in [3.63, 3.8) is 0 Å². The zero-order chi connectivity index (χ0) is 34.2. The van der Waals surface area contributed by atoms with E-state index in [1.165, 1.54) is 0 Å². The predicted octanol–water partition coefficient (Wildman–Crippen LogP) is -5.87. The van der Waals surface area contributed by atoms with E-state index < -0.39 is 97.3 Å². The van der Waals surface area contributed by atoms with Crippen LogP contribution < -0.4 is 39.7 Å². The van der Waals surface area contributed by atoms with E-state index in [0.29, 0.717) is 25.3 Å². The SMILES string of the molecule is NC(N)=NC1CC1(O)C(=O)C[C@@H]1C[C@H](N)C(O[C@H]2O[C@H](CNCC3CC(N)C3)CC[C@H]2N)[C@H](O)[C@H]1O[C@H]1O[C@H](CO)[C@@H](O)[C@H](N)[C@H]1O. The fraction of sp³-hybridized carbons (Fsp3) is 0.931. The molecule has 5 aliphatic rings. The third kappa shape index (κ3) is 8.24. The van der Waals surface area contributed by atoms with Gasteiger partial charge in [-0.15, -0.1) is 0 Å². The molecule has 2 saturated heterocycles. The smallest absolute Gasteiger partial charge is 0.186 e. The Balaban J connectivity index is 1.28. The van der Waals surface area contributed by atoms with E-state index in [1.807, 2.05) is 0 Å². The first-order chi connectivity index (χ1) is 22.2. The van der Waals surface area contributed by atoms with E-state index in [-0.39, 0.29) is 37.4 Å². The van der Waals surface area contributed by atoms with Crippen LogP contribution in [0.25, 0.3) is 0 Å². The van der Waals surface area contributed by atoms with Crippen LogP contribution in [0.4, 0.5) is 0 Å². The second kappa shape index (κ2) is 15.1. The summed E-state index contributed by atoms with van der Waals surface area (Å²) in [5.74, 6) is -1.09. The van der Waals surface area contributed by atoms with Crippen molar-refractivity contribution in [2.75, 3.05) is 19.7 Å². The van der Waals surface area contributed by atoms with Gasteiger partial charge < -0.3 is 84.2 Å². The number of aliphatic imine (C=N–C) groups is 1. The van der Waals surface area contributed by atoms with Gasteiger partial charge >= 0.3 is 0 Å². The first-order valence-electron chi connectivity index (χ1n) is 16.6. The Morgan fingerprint density at radius 3 is 2.26 bits per heavy atom. The molecule has 3 saturated carbocycles. The molecule has 3 unspecified atom stereocenters. The molecule has 0 aromatic rings. The fourth-order valence-electron chi connectivity index (χ4n) is 7.29. The molecule has 3 aliphatic carbocycles. The van der Waals surface area contributed by atoms with E-state index in [1.54, 1.807) is 0 Å². The molecule has 15 atom stereocenters. The van der Waals surface area contributed by atoms with Gasteiger partial charge in [0.2, 0.25) is 0 Å². The maximum atomic E-state index is 13.3. The molecule has 0 radical (unpaired) electrons. The maximum absolute atomic E-state index is 13.3. The highest BCUT2D eigenvalue weighted by Crippen LogP contribution is 2.43. The molecule has 18 N–H and O–H groups in total. The minimum absolute atomic E-state index is 0.0266. The highest BCUT2D eigenvalue weighted by atomic mass is 16.7. The molecule has 0 amide bonds. The molecule has 18 heteroatoms. The van der Waals surface area contributed by atoms with Crippen molar-refractivity contribution in [2.24, 2.45) is 51.2 Å². The number of rotatable bonds is 13. The normalized spacial score (nSPS) is 48.4. The van der Waals surface area contributed by atoms with Crippen molar-refractivity contribution in [2.45, 2.75) is 136 Å². The number of ketones is 1. The molecule has 47 heavy (non-hydrogen) atoms. The zero-order valence-electron chi connectivity index (χ0n) is 26.5. The summed E-state index contributed by atoms with van der Waals surface area (Å²) < 4.78 is 24.2. The van der Waals surface area contributed by atoms with Gasteiger partial charge in [-0.05, 0) is 50.5 Å². The number of ether oxygens (including phenoxy) is 4. The summed E-state index contributed by atoms with van der Waals surface area (Å²) in [6, 6.07) is -3.08. The van der Waals surface area contributed by atoms with Crippen molar-refractivity contribution >= 4 is 11.7 Å². The monoisotopic (exact) mass is 674 g/mol. The average molecular weight is 675 g/mol. The van der Waals surface area contributed by atoms with Gasteiger partial charge in [0.1, 0.15) is 36.1 Å². The van der Waals surface area contributed by atoms with Crippen LogP contribution in [0.5, 0.6) is 0 Å². The topological polar surface area (TPSA) is 336 Å². The van der Waals surface area contributed by atoms with E-state index in [2.05, 4.69) is 10.3 Å². The van der Waals surface area contributed by atoms with Crippen LogP contribution in [0.3, 0.4) is 0 Å². The van der Waals surface area contributed by atoms with E-state index >= 15 is 0 Å². The molecule has 270 valence electrons. The first-order valence-corrected chi connectivity index (χ1v) is 16.6. The summed E-state index contributed by atoms with van der Waals surface area (Å²) >= 11 is 0. The molecule has 0 spiro atoms. The van der Waals surface area contributed by atoms with Crippen LogP contribution >= 0.6 is 0 Å². The minimum Gasteiger partial charge on any atom is -0.394 e. The van der Waals surface area contributed by atoms with Gasteiger partial charge in [-0.1, -0.05) is 0 Å². The lowest BCUT2D eigenvalue weighted by molar-refractivity contribution is -0.318. The standard InChI is InChI=1S/C29H54N8O10/c30-13-3-11(4-13)8-36-9-14-1-2-15(31)26(44-14)47-25-16(32)5-12(6-19(39)29(43)7-18(29)37-28(34)35)24(23(25)42)46-27-22(41)20(33)21(40)17(10-38)45-27/h11-18,20-27,36,38,40-43H,1-10,30-33H2,(H4,34,35,37)/t11?,12-,13?,14-,15+,16-,17+,18?,20-,21+,22+,23+,24-,25?,26+,27+,29?/m0/s1. The maximum Gasteiger partial charge on any atom is 0.186 e. The highest BCUT2D eigenvalue weighted by Gasteiger charge is 2.60. The number of nitrogens with zero attached hydrogens (tertiary/aromatic N) is 1. The first kappa shape index (κ1) is 36.7. The number of nitrogens with two attached hydrogens (primary N) is 6. The van der Waals surface area contributed by atoms with Gasteiger partial charge in [-0.2, -0.15) is 0 Å². The molecule has 2 aliphatic heterocycles. The molecular formula is C29H54N8O10. The predicted molar refractivity (Wildman–Crippen MR) is 166 cm³/mol. The largest absolute Gasteiger partial charge is 0.394 e. The molecule has 2 heterocycles. The Labute approximate surface area is 273 Å². The number of Topliss-reactive ketones (excluding diaryl/α,β-unsaturated/α-hetero) is 1. The number of carbonyl (C=O) groups excluding carboxylic acids is 1. The number of aliphatic hydroxyl groups is 5. The number of carbonyl (C=O) groups is 1. The molecule has 0 aromatic heterocycles. The zero-order valence-corrected chi connectivity index (χ0v) is 26.5. The van der Waals surface area contributed by atoms with Gasteiger partial charge in [0.05, 0.1) is 36.9 Å². The number of hydrogen-bond acceptors (Lipinski definition) is 16. The molecular weight excluding hydrogens is 620 g/mol. The van der Waals surface area contributed by atoms with Crippen molar-refractivity contribution in [3.8, 4) is 0 Å². The number of aliphatic hydroxyl groups excluding tert-OH is 4. The Kier molecular flexibility index (Phi) is 11.8. The average Bonchev–Trinajstić information content (AvgIpc) is 3.66. The van der Waals surface area contributed by atoms with Crippen LogP contribution in [-0.2, 0) is 23.7 Å². The van der Waals surface area contributed by atoms with Gasteiger partial charge in [-0.3, -0.25) is 4.79 Å². The van der Waals surface area contributed by atoms with Crippen LogP contribution in [0.2, 0.25) is 0 Å². The van der Waals surface area contributed by atoms with Crippen LogP contribution in [0, 0.1) is 11.8 Å². The third-order valence-electron chi connectivity index (χ3n) is 10.4. The van der Waals surface area contributed by atoms with Gasteiger partial charge in [0.25, 0.3) is 0 Å². The summed E-state index contributed by atoms with van der Waals surface area (Å²) in [5, 5.41) is 56.9. The highest BCUT2D eigenvalue weighted by molar-refractivity contribution is 5.92. The summed E-state index contributed by atoms with van der Waals surface area (Å²) in [6.45, 7) is 0.811. The molecule has 18 nitrogen and oxygen atoms in total. The van der Waals surface area contributed by atoms with Crippen LogP contribution in [0.15, 0.2) is 4.99 Å². The van der Waals surface area contributed by atoms with E-state index in [4.69, 9.17) is 53.3 Å². The molecule has 0 bridgehead atoms. The lowest BCUT2D eigenvalue weighted by Gasteiger charge is -2.48. The van der Waals surface area contributed by atoms with Crippen LogP contribution in [0.1, 0.15) is 44.9 Å². The number of nitrogens with one attached hydrogen (secondary N) is 1. The van der Waals surface area contributed by atoms with Crippen LogP contribution in [-0.4, -0.2) is 148 Å². The summed E-state index contributed by atoms with van der Waals surface area (Å²) in [4.78, 5) is 17.2. The summed E-state index contributed by atoms with van der Waals surface area (Å²) in [6.07, 6.45) is -7.33. The molecule has 5 fully saturated rings. The third-order valence-corrected chi connectivity index (χ3v) is 10.4. The Bertz CT molecular complexity index is 1100. The van der Waals surface area contributed by atoms with Crippen molar-refractivity contribution < 1.29 is 49.3 Å². The second-order valence-electron chi connectivity index (χ2n) is 14.1. The summed E-state index contributed by atoms with van der Waals surface area (Å²) in [5.41, 5.74) is 33.9. The van der Waals surface area contributed by atoms with E-state index in [0.717, 1.165) is 19.4 Å². The van der Waals surface area contributed by atoms with Crippen molar-refractivity contribution in [1.29, 1.82) is 0 Å². The van der Waals surface area contributed by atoms with Gasteiger partial charge in [0, 0.05) is 31.5 Å². The summed E-state index contributed by atoms with van der Waals surface area (Å²) in [7, 11) is 0.